The third-order valence-corrected chi connectivity index (χ3v) is 2.94. The topological polar surface area (TPSA) is 21.3 Å². The Labute approximate surface area is 99.0 Å². The van der Waals surface area contributed by atoms with Crippen molar-refractivity contribution in [3.63, 3.8) is 0 Å². The van der Waals surface area contributed by atoms with Crippen molar-refractivity contribution in [2.75, 3.05) is 13.7 Å². The maximum Gasteiger partial charge on any atom is 0.119 e. The second-order valence-corrected chi connectivity index (χ2v) is 4.17. The van der Waals surface area contributed by atoms with Crippen LogP contribution in [-0.2, 0) is 6.54 Å². The minimum Gasteiger partial charge on any atom is -0.493 e. The first kappa shape index (κ1) is 13.0. The SMILES string of the molecule is CCC(CC)COc1ccc(CNC)cc1. The fraction of sp³-hybridized carbons (Fsp3) is 0.571. The summed E-state index contributed by atoms with van der Waals surface area (Å²) in [6.45, 7) is 6.17. The second-order valence-electron chi connectivity index (χ2n) is 4.17. The van der Waals surface area contributed by atoms with Crippen LogP contribution in [-0.4, -0.2) is 13.7 Å². The molecule has 0 aromatic heterocycles. The molecule has 16 heavy (non-hydrogen) atoms. The summed E-state index contributed by atoms with van der Waals surface area (Å²) in [7, 11) is 1.96. The molecular weight excluding hydrogens is 198 g/mol. The first-order valence-electron chi connectivity index (χ1n) is 6.16. The van der Waals surface area contributed by atoms with E-state index >= 15 is 0 Å². The fourth-order valence-corrected chi connectivity index (χ4v) is 1.65. The number of rotatable bonds is 7. The molecule has 0 heterocycles. The molecule has 0 saturated carbocycles. The van der Waals surface area contributed by atoms with Gasteiger partial charge in [0.2, 0.25) is 0 Å². The minimum absolute atomic E-state index is 0.678. The van der Waals surface area contributed by atoms with Gasteiger partial charge < -0.3 is 10.1 Å². The third-order valence-electron chi connectivity index (χ3n) is 2.94. The molecule has 1 aromatic rings. The van der Waals surface area contributed by atoms with Crippen LogP contribution in [0, 0.1) is 5.92 Å². The van der Waals surface area contributed by atoms with Crippen molar-refractivity contribution in [2.45, 2.75) is 33.2 Å². The molecule has 1 rings (SSSR count). The van der Waals surface area contributed by atoms with Gasteiger partial charge in [-0.2, -0.15) is 0 Å². The highest BCUT2D eigenvalue weighted by molar-refractivity contribution is 5.27. The van der Waals surface area contributed by atoms with Gasteiger partial charge in [0, 0.05) is 6.54 Å². The highest BCUT2D eigenvalue weighted by atomic mass is 16.5. The minimum atomic E-state index is 0.678. The van der Waals surface area contributed by atoms with Gasteiger partial charge in [-0.05, 0) is 30.7 Å². The molecule has 0 fully saturated rings. The van der Waals surface area contributed by atoms with Gasteiger partial charge in [-0.3, -0.25) is 0 Å². The Morgan fingerprint density at radius 2 is 1.75 bits per heavy atom. The fourth-order valence-electron chi connectivity index (χ4n) is 1.65. The molecule has 0 saturated heterocycles. The summed E-state index contributed by atoms with van der Waals surface area (Å²) in [4.78, 5) is 0. The Balaban J connectivity index is 2.42. The molecule has 2 nitrogen and oxygen atoms in total. The molecule has 0 amide bonds. The van der Waals surface area contributed by atoms with E-state index in [2.05, 4.69) is 43.4 Å². The van der Waals surface area contributed by atoms with Gasteiger partial charge >= 0.3 is 0 Å². The summed E-state index contributed by atoms with van der Waals surface area (Å²) in [5, 5.41) is 3.13. The van der Waals surface area contributed by atoms with Gasteiger partial charge in [-0.25, -0.2) is 0 Å². The van der Waals surface area contributed by atoms with Crippen LogP contribution in [0.25, 0.3) is 0 Å². The van der Waals surface area contributed by atoms with Crippen LogP contribution in [0.15, 0.2) is 24.3 Å². The molecule has 0 radical (unpaired) electrons. The van der Waals surface area contributed by atoms with E-state index in [1.54, 1.807) is 0 Å². The second kappa shape index (κ2) is 7.29. The Morgan fingerprint density at radius 3 is 2.25 bits per heavy atom. The van der Waals surface area contributed by atoms with Gasteiger partial charge in [-0.1, -0.05) is 38.8 Å². The van der Waals surface area contributed by atoms with Gasteiger partial charge in [0.25, 0.3) is 0 Å². The lowest BCUT2D eigenvalue weighted by atomic mass is 10.1. The van der Waals surface area contributed by atoms with E-state index in [1.165, 1.54) is 18.4 Å². The zero-order valence-electron chi connectivity index (χ0n) is 10.6. The van der Waals surface area contributed by atoms with Crippen molar-refractivity contribution < 1.29 is 4.74 Å². The lowest BCUT2D eigenvalue weighted by Crippen LogP contribution is -2.10. The van der Waals surface area contributed by atoms with Crippen LogP contribution in [0.4, 0.5) is 0 Å². The molecule has 0 aliphatic carbocycles. The largest absolute Gasteiger partial charge is 0.493 e. The van der Waals surface area contributed by atoms with E-state index in [9.17, 15) is 0 Å². The number of hydrogen-bond acceptors (Lipinski definition) is 2. The molecule has 2 heteroatoms. The summed E-state index contributed by atoms with van der Waals surface area (Å²) in [6, 6.07) is 8.32. The van der Waals surface area contributed by atoms with Gasteiger partial charge in [0.15, 0.2) is 0 Å². The van der Waals surface area contributed by atoms with E-state index in [0.717, 1.165) is 18.9 Å². The molecule has 0 atom stereocenters. The number of hydrogen-bond donors (Lipinski definition) is 1. The molecule has 1 N–H and O–H groups in total. The van der Waals surface area contributed by atoms with Crippen molar-refractivity contribution in [2.24, 2.45) is 5.92 Å². The number of benzene rings is 1. The lowest BCUT2D eigenvalue weighted by molar-refractivity contribution is 0.240. The van der Waals surface area contributed by atoms with Gasteiger partial charge in [-0.15, -0.1) is 0 Å². The van der Waals surface area contributed by atoms with Gasteiger partial charge in [0.1, 0.15) is 5.75 Å². The first-order valence-corrected chi connectivity index (χ1v) is 6.16. The van der Waals surface area contributed by atoms with Crippen molar-refractivity contribution >= 4 is 0 Å². The Morgan fingerprint density at radius 1 is 1.12 bits per heavy atom. The molecule has 0 aliphatic heterocycles. The zero-order chi connectivity index (χ0) is 11.8. The summed E-state index contributed by atoms with van der Waals surface area (Å²) >= 11 is 0. The monoisotopic (exact) mass is 221 g/mol. The summed E-state index contributed by atoms with van der Waals surface area (Å²) in [6.07, 6.45) is 2.38. The van der Waals surface area contributed by atoms with E-state index in [1.807, 2.05) is 7.05 Å². The van der Waals surface area contributed by atoms with Crippen molar-refractivity contribution in [3.8, 4) is 5.75 Å². The smallest absolute Gasteiger partial charge is 0.119 e. The maximum atomic E-state index is 5.76. The standard InChI is InChI=1S/C14H23NO/c1-4-12(5-2)11-16-14-8-6-13(7-9-14)10-15-3/h6-9,12,15H,4-5,10-11H2,1-3H3. The van der Waals surface area contributed by atoms with Crippen LogP contribution in [0.3, 0.4) is 0 Å². The maximum absolute atomic E-state index is 5.76. The molecule has 0 spiro atoms. The van der Waals surface area contributed by atoms with Crippen LogP contribution in [0.1, 0.15) is 32.3 Å². The first-order chi connectivity index (χ1) is 7.80. The number of nitrogens with one attached hydrogen (secondary N) is 1. The van der Waals surface area contributed by atoms with Crippen molar-refractivity contribution in [1.29, 1.82) is 0 Å². The Hall–Kier alpha value is -1.02. The summed E-state index contributed by atoms with van der Waals surface area (Å²) in [5.74, 6) is 1.66. The van der Waals surface area contributed by atoms with Crippen molar-refractivity contribution in [3.05, 3.63) is 29.8 Å². The van der Waals surface area contributed by atoms with E-state index < -0.39 is 0 Å². The molecular formula is C14H23NO. The predicted octanol–water partition coefficient (Wildman–Crippen LogP) is 3.22. The average molecular weight is 221 g/mol. The van der Waals surface area contributed by atoms with E-state index in [-0.39, 0.29) is 0 Å². The molecule has 0 unspecified atom stereocenters. The molecule has 0 bridgehead atoms. The Bertz CT molecular complexity index is 277. The molecule has 1 aromatic carbocycles. The van der Waals surface area contributed by atoms with Crippen LogP contribution in [0.5, 0.6) is 5.75 Å². The predicted molar refractivity (Wildman–Crippen MR) is 68.8 cm³/mol. The van der Waals surface area contributed by atoms with E-state index in [4.69, 9.17) is 4.74 Å². The number of ether oxygens (including phenoxy) is 1. The summed E-state index contributed by atoms with van der Waals surface area (Å²) < 4.78 is 5.76. The Kier molecular flexibility index (Phi) is 5.94. The summed E-state index contributed by atoms with van der Waals surface area (Å²) in [5.41, 5.74) is 1.29. The third kappa shape index (κ3) is 4.23. The van der Waals surface area contributed by atoms with Crippen LogP contribution >= 0.6 is 0 Å². The zero-order valence-corrected chi connectivity index (χ0v) is 10.6. The highest BCUT2D eigenvalue weighted by Gasteiger charge is 2.04. The van der Waals surface area contributed by atoms with Gasteiger partial charge in [0.05, 0.1) is 6.61 Å². The normalized spacial score (nSPS) is 10.8. The highest BCUT2D eigenvalue weighted by Crippen LogP contribution is 2.15. The molecule has 0 aliphatic rings. The van der Waals surface area contributed by atoms with Crippen LogP contribution in [0.2, 0.25) is 0 Å². The average Bonchev–Trinajstić information content (AvgIpc) is 2.33. The molecule has 90 valence electrons. The lowest BCUT2D eigenvalue weighted by Gasteiger charge is -2.13. The van der Waals surface area contributed by atoms with Crippen LogP contribution < -0.4 is 10.1 Å². The quantitative estimate of drug-likeness (QED) is 0.763. The van der Waals surface area contributed by atoms with Crippen molar-refractivity contribution in [1.82, 2.24) is 5.32 Å². The van der Waals surface area contributed by atoms with E-state index in [0.29, 0.717) is 5.92 Å².